The molecule has 94 valence electrons. The number of carbonyl (C=O) groups excluding carboxylic acids is 1. The van der Waals surface area contributed by atoms with E-state index < -0.39 is 0 Å². The van der Waals surface area contributed by atoms with Crippen molar-refractivity contribution in [1.29, 1.82) is 0 Å². The van der Waals surface area contributed by atoms with Crippen LogP contribution in [0.1, 0.15) is 29.8 Å². The monoisotopic (exact) mass is 298 g/mol. The number of hydrogen-bond acceptors (Lipinski definition) is 2. The van der Waals surface area contributed by atoms with Gasteiger partial charge in [0.1, 0.15) is 0 Å². The normalized spacial score (nSPS) is 12.2. The number of carbonyl (C=O) groups is 1. The van der Waals surface area contributed by atoms with E-state index in [0.717, 1.165) is 22.1 Å². The van der Waals surface area contributed by atoms with Crippen molar-refractivity contribution in [1.82, 2.24) is 10.6 Å². The van der Waals surface area contributed by atoms with Crippen LogP contribution in [0.5, 0.6) is 0 Å². The minimum absolute atomic E-state index is 0.0141. The van der Waals surface area contributed by atoms with E-state index in [9.17, 15) is 4.79 Å². The standard InChI is InChI=1S/C13H19BrN2O/c1-4-15-10(3)8-16-13(17)12-6-5-11(14)7-9(12)2/h5-7,10,15H,4,8H2,1-3H3,(H,16,17)/t10-/m1/s1. The molecular formula is C13H19BrN2O. The molecule has 1 amide bonds. The first-order valence-corrected chi connectivity index (χ1v) is 6.61. The zero-order valence-corrected chi connectivity index (χ0v) is 12.1. The van der Waals surface area contributed by atoms with E-state index in [-0.39, 0.29) is 5.91 Å². The van der Waals surface area contributed by atoms with Gasteiger partial charge in [-0.3, -0.25) is 4.79 Å². The minimum atomic E-state index is -0.0141. The smallest absolute Gasteiger partial charge is 0.251 e. The Morgan fingerprint density at radius 2 is 2.18 bits per heavy atom. The highest BCUT2D eigenvalue weighted by Crippen LogP contribution is 2.15. The molecule has 1 aromatic rings. The number of aryl methyl sites for hydroxylation is 1. The van der Waals surface area contributed by atoms with Crippen LogP contribution in [0.4, 0.5) is 0 Å². The van der Waals surface area contributed by atoms with Crippen molar-refractivity contribution in [2.45, 2.75) is 26.8 Å². The Bertz CT molecular complexity index is 393. The van der Waals surface area contributed by atoms with Gasteiger partial charge < -0.3 is 10.6 Å². The molecule has 0 heterocycles. The lowest BCUT2D eigenvalue weighted by atomic mass is 10.1. The van der Waals surface area contributed by atoms with Gasteiger partial charge in [-0.1, -0.05) is 22.9 Å². The molecule has 0 saturated carbocycles. The van der Waals surface area contributed by atoms with Crippen LogP contribution in [0.3, 0.4) is 0 Å². The maximum absolute atomic E-state index is 11.9. The third kappa shape index (κ3) is 4.48. The predicted molar refractivity (Wildman–Crippen MR) is 74.4 cm³/mol. The van der Waals surface area contributed by atoms with Gasteiger partial charge in [0.05, 0.1) is 0 Å². The number of rotatable bonds is 5. The fourth-order valence-electron chi connectivity index (χ4n) is 1.64. The topological polar surface area (TPSA) is 41.1 Å². The molecule has 2 N–H and O–H groups in total. The van der Waals surface area contributed by atoms with Gasteiger partial charge in [-0.05, 0) is 44.2 Å². The fourth-order valence-corrected chi connectivity index (χ4v) is 2.12. The quantitative estimate of drug-likeness (QED) is 0.877. The van der Waals surface area contributed by atoms with Gasteiger partial charge in [-0.25, -0.2) is 0 Å². The largest absolute Gasteiger partial charge is 0.350 e. The molecule has 0 aliphatic heterocycles. The molecular weight excluding hydrogens is 280 g/mol. The Hall–Kier alpha value is -0.870. The van der Waals surface area contributed by atoms with Gasteiger partial charge >= 0.3 is 0 Å². The molecule has 3 nitrogen and oxygen atoms in total. The summed E-state index contributed by atoms with van der Waals surface area (Å²) >= 11 is 3.39. The zero-order valence-electron chi connectivity index (χ0n) is 10.5. The number of hydrogen-bond donors (Lipinski definition) is 2. The summed E-state index contributed by atoms with van der Waals surface area (Å²) in [5.41, 5.74) is 1.71. The van der Waals surface area contributed by atoms with E-state index in [2.05, 4.69) is 40.4 Å². The van der Waals surface area contributed by atoms with Crippen LogP contribution < -0.4 is 10.6 Å². The first-order valence-electron chi connectivity index (χ1n) is 5.82. The summed E-state index contributed by atoms with van der Waals surface area (Å²) in [6.07, 6.45) is 0. The third-order valence-corrected chi connectivity index (χ3v) is 3.05. The van der Waals surface area contributed by atoms with Crippen molar-refractivity contribution in [2.24, 2.45) is 0 Å². The number of amides is 1. The molecule has 0 spiro atoms. The average Bonchev–Trinajstić information content (AvgIpc) is 2.26. The number of likely N-dealkylation sites (N-methyl/N-ethyl adjacent to an activating group) is 1. The van der Waals surface area contributed by atoms with E-state index in [1.165, 1.54) is 0 Å². The fraction of sp³-hybridized carbons (Fsp3) is 0.462. The predicted octanol–water partition coefficient (Wildman–Crippen LogP) is 2.49. The summed E-state index contributed by atoms with van der Waals surface area (Å²) < 4.78 is 0.993. The van der Waals surface area contributed by atoms with Crippen LogP contribution in [-0.2, 0) is 0 Å². The number of benzene rings is 1. The zero-order chi connectivity index (χ0) is 12.8. The van der Waals surface area contributed by atoms with Gasteiger partial charge in [-0.15, -0.1) is 0 Å². The van der Waals surface area contributed by atoms with Crippen LogP contribution in [0.25, 0.3) is 0 Å². The van der Waals surface area contributed by atoms with Gasteiger partial charge in [-0.2, -0.15) is 0 Å². The molecule has 1 rings (SSSR count). The van der Waals surface area contributed by atoms with Crippen LogP contribution in [0.2, 0.25) is 0 Å². The highest BCUT2D eigenvalue weighted by molar-refractivity contribution is 9.10. The molecule has 17 heavy (non-hydrogen) atoms. The van der Waals surface area contributed by atoms with Crippen molar-refractivity contribution in [2.75, 3.05) is 13.1 Å². The molecule has 0 radical (unpaired) electrons. The molecule has 0 aromatic heterocycles. The van der Waals surface area contributed by atoms with E-state index in [1.54, 1.807) is 0 Å². The molecule has 0 aliphatic rings. The highest BCUT2D eigenvalue weighted by Gasteiger charge is 2.09. The van der Waals surface area contributed by atoms with Crippen molar-refractivity contribution in [3.63, 3.8) is 0 Å². The lowest BCUT2D eigenvalue weighted by Crippen LogP contribution is -2.38. The van der Waals surface area contributed by atoms with Gasteiger partial charge in [0, 0.05) is 22.6 Å². The molecule has 1 aromatic carbocycles. The van der Waals surface area contributed by atoms with Crippen LogP contribution >= 0.6 is 15.9 Å². The van der Waals surface area contributed by atoms with Crippen molar-refractivity contribution >= 4 is 21.8 Å². The second-order valence-corrected chi connectivity index (χ2v) is 5.04. The summed E-state index contributed by atoms with van der Waals surface area (Å²) in [5.74, 6) is -0.0141. The van der Waals surface area contributed by atoms with E-state index in [1.807, 2.05) is 25.1 Å². The van der Waals surface area contributed by atoms with Crippen LogP contribution in [-0.4, -0.2) is 25.0 Å². The van der Waals surface area contributed by atoms with Crippen molar-refractivity contribution in [3.8, 4) is 0 Å². The lowest BCUT2D eigenvalue weighted by molar-refractivity contribution is 0.0949. The van der Waals surface area contributed by atoms with Gasteiger partial charge in [0.15, 0.2) is 0 Å². The number of nitrogens with one attached hydrogen (secondary N) is 2. The average molecular weight is 299 g/mol. The maximum Gasteiger partial charge on any atom is 0.251 e. The third-order valence-electron chi connectivity index (χ3n) is 2.55. The highest BCUT2D eigenvalue weighted by atomic mass is 79.9. The minimum Gasteiger partial charge on any atom is -0.350 e. The number of halogens is 1. The Balaban J connectivity index is 2.58. The summed E-state index contributed by atoms with van der Waals surface area (Å²) in [4.78, 5) is 11.9. The Morgan fingerprint density at radius 3 is 2.76 bits per heavy atom. The first kappa shape index (κ1) is 14.2. The Morgan fingerprint density at radius 1 is 1.47 bits per heavy atom. The molecule has 0 unspecified atom stereocenters. The van der Waals surface area contributed by atoms with E-state index >= 15 is 0 Å². The van der Waals surface area contributed by atoms with Crippen LogP contribution in [0, 0.1) is 6.92 Å². The van der Waals surface area contributed by atoms with E-state index in [4.69, 9.17) is 0 Å². The summed E-state index contributed by atoms with van der Waals surface area (Å²) in [6.45, 7) is 7.60. The van der Waals surface area contributed by atoms with Gasteiger partial charge in [0.25, 0.3) is 5.91 Å². The van der Waals surface area contributed by atoms with Crippen molar-refractivity contribution < 1.29 is 4.79 Å². The second kappa shape index (κ2) is 6.77. The van der Waals surface area contributed by atoms with Gasteiger partial charge in [0.2, 0.25) is 0 Å². The molecule has 0 saturated heterocycles. The lowest BCUT2D eigenvalue weighted by Gasteiger charge is -2.14. The summed E-state index contributed by atoms with van der Waals surface area (Å²) in [6, 6.07) is 5.96. The van der Waals surface area contributed by atoms with E-state index in [0.29, 0.717) is 12.6 Å². The summed E-state index contributed by atoms with van der Waals surface area (Å²) in [7, 11) is 0. The molecule has 0 fully saturated rings. The SMILES string of the molecule is CCN[C@H](C)CNC(=O)c1ccc(Br)cc1C. The molecule has 4 heteroatoms. The molecule has 0 aliphatic carbocycles. The molecule has 0 bridgehead atoms. The van der Waals surface area contributed by atoms with Crippen molar-refractivity contribution in [3.05, 3.63) is 33.8 Å². The second-order valence-electron chi connectivity index (χ2n) is 4.13. The Kier molecular flexibility index (Phi) is 5.65. The molecule has 1 atom stereocenters. The Labute approximate surface area is 111 Å². The van der Waals surface area contributed by atoms with Crippen LogP contribution in [0.15, 0.2) is 22.7 Å². The first-order chi connectivity index (χ1) is 8.04. The maximum atomic E-state index is 11.9. The summed E-state index contributed by atoms with van der Waals surface area (Å²) in [5, 5.41) is 6.18.